The van der Waals surface area contributed by atoms with Gasteiger partial charge in [0.15, 0.2) is 11.3 Å². The van der Waals surface area contributed by atoms with E-state index in [4.69, 9.17) is 10.6 Å². The van der Waals surface area contributed by atoms with Crippen LogP contribution in [0, 0.1) is 6.92 Å². The van der Waals surface area contributed by atoms with E-state index in [1.165, 1.54) is 4.68 Å². The summed E-state index contributed by atoms with van der Waals surface area (Å²) >= 11 is 0. The largest absolute Gasteiger partial charge is 0.698 e. The first-order valence-corrected chi connectivity index (χ1v) is 6.64. The fourth-order valence-corrected chi connectivity index (χ4v) is 1.82. The summed E-state index contributed by atoms with van der Waals surface area (Å²) in [5, 5.41) is 7.95. The molecule has 0 saturated carbocycles. The molecule has 0 aliphatic carbocycles. The summed E-state index contributed by atoms with van der Waals surface area (Å²) in [4.78, 5) is 32.2. The Hall–Kier alpha value is -2.36. The number of nitrogen functional groups attached to an aromatic ring is 1. The summed E-state index contributed by atoms with van der Waals surface area (Å²) in [6, 6.07) is 0. The average molecular weight is 316 g/mol. The molecule has 1 unspecified atom stereocenters. The third-order valence-electron chi connectivity index (χ3n) is 2.71. The van der Waals surface area contributed by atoms with Crippen LogP contribution in [0.3, 0.4) is 0 Å². The number of aryl methyl sites for hydroxylation is 2. The van der Waals surface area contributed by atoms with Crippen molar-refractivity contribution in [1.29, 1.82) is 0 Å². The van der Waals surface area contributed by atoms with Crippen molar-refractivity contribution < 1.29 is 23.5 Å². The second-order valence-electron chi connectivity index (χ2n) is 3.93. The molecule has 0 saturated heterocycles. The highest BCUT2D eigenvalue weighted by molar-refractivity contribution is 7.32. The van der Waals surface area contributed by atoms with Crippen molar-refractivity contribution in [2.75, 3.05) is 12.5 Å². The van der Waals surface area contributed by atoms with E-state index >= 15 is 0 Å². The molecule has 2 heterocycles. The normalized spacial score (nSPS) is 11.7. The lowest BCUT2D eigenvalue weighted by molar-refractivity contribution is 0.0562. The summed E-state index contributed by atoms with van der Waals surface area (Å²) in [5.41, 5.74) is 5.47. The first kappa shape index (κ1) is 15.0. The van der Waals surface area contributed by atoms with Gasteiger partial charge >= 0.3 is 19.9 Å². The van der Waals surface area contributed by atoms with E-state index in [-0.39, 0.29) is 11.3 Å². The van der Waals surface area contributed by atoms with Gasteiger partial charge in [0.05, 0.1) is 5.39 Å². The second kappa shape index (κ2) is 5.56. The highest BCUT2D eigenvalue weighted by Crippen LogP contribution is 2.18. The van der Waals surface area contributed by atoms with Crippen molar-refractivity contribution in [2.45, 2.75) is 6.92 Å². The predicted molar refractivity (Wildman–Crippen MR) is 69.6 cm³/mol. The Kier molecular flexibility index (Phi) is 3.98. The fraction of sp³-hybridized carbons (Fsp3) is 0.333. The van der Waals surface area contributed by atoms with Crippen LogP contribution in [-0.4, -0.2) is 37.3 Å². The number of nitrogens with two attached hydrogens (primary N) is 1. The number of carbonyl (C=O) groups is 1. The molecule has 112 valence electrons. The van der Waals surface area contributed by atoms with E-state index in [9.17, 15) is 14.2 Å². The third-order valence-corrected chi connectivity index (χ3v) is 3.04. The van der Waals surface area contributed by atoms with E-state index in [0.29, 0.717) is 15.8 Å². The number of ether oxygens (including phenoxy) is 1. The molecule has 0 aliphatic heterocycles. The Morgan fingerprint density at radius 2 is 2.14 bits per heavy atom. The standard InChI is InChI=1S/C9H10N5O6P/c1-4-5-6(11-13(4)2)8(15)14(12-7(5)10)9(16)19-3-20-21(17)18/h3H2,1-2H3,(H2-,10,12,17,18)/p+1. The number of nitrogens with zero attached hydrogens (tertiary/aromatic N) is 4. The number of hydrogen-bond acceptors (Lipinski definition) is 8. The van der Waals surface area contributed by atoms with Crippen LogP contribution in [-0.2, 0) is 20.9 Å². The van der Waals surface area contributed by atoms with Gasteiger partial charge in [0.25, 0.3) is 0 Å². The van der Waals surface area contributed by atoms with Crippen molar-refractivity contribution >= 4 is 31.1 Å². The SMILES string of the molecule is Cc1c2c(N)nn(C(=O)OCO[P+](=O)O)c(=O)c2nn1C. The number of aromatic nitrogens is 4. The summed E-state index contributed by atoms with van der Waals surface area (Å²) in [6.45, 7) is 0.888. The number of carbonyl (C=O) groups excluding carboxylic acids is 1. The minimum Gasteiger partial charge on any atom is -0.416 e. The molecule has 21 heavy (non-hydrogen) atoms. The van der Waals surface area contributed by atoms with Gasteiger partial charge in [-0.05, 0) is 6.92 Å². The van der Waals surface area contributed by atoms with E-state index < -0.39 is 26.7 Å². The summed E-state index contributed by atoms with van der Waals surface area (Å²) < 4.78 is 20.7. The Balaban J connectivity index is 2.42. The highest BCUT2D eigenvalue weighted by atomic mass is 31.1. The van der Waals surface area contributed by atoms with Gasteiger partial charge in [-0.1, -0.05) is 4.52 Å². The van der Waals surface area contributed by atoms with Crippen molar-refractivity contribution in [3.05, 3.63) is 16.0 Å². The minimum absolute atomic E-state index is 0.0337. The highest BCUT2D eigenvalue weighted by Gasteiger charge is 2.21. The lowest BCUT2D eigenvalue weighted by atomic mass is 10.2. The molecule has 0 aromatic carbocycles. The molecule has 0 fully saturated rings. The maximum Gasteiger partial charge on any atom is 0.698 e. The van der Waals surface area contributed by atoms with Crippen LogP contribution >= 0.6 is 8.25 Å². The molecule has 3 N–H and O–H groups in total. The molecule has 11 nitrogen and oxygen atoms in total. The number of rotatable bonds is 3. The lowest BCUT2D eigenvalue weighted by Crippen LogP contribution is -2.31. The van der Waals surface area contributed by atoms with Crippen LogP contribution in [0.1, 0.15) is 5.69 Å². The number of anilines is 1. The Bertz CT molecular complexity index is 796. The second-order valence-corrected chi connectivity index (χ2v) is 4.66. The average Bonchev–Trinajstić information content (AvgIpc) is 2.70. The van der Waals surface area contributed by atoms with Crippen LogP contribution in [0.2, 0.25) is 0 Å². The molecule has 2 rings (SSSR count). The first-order valence-electron chi connectivity index (χ1n) is 5.51. The van der Waals surface area contributed by atoms with Gasteiger partial charge in [-0.25, -0.2) is 4.79 Å². The van der Waals surface area contributed by atoms with Crippen LogP contribution in [0.25, 0.3) is 10.9 Å². The Morgan fingerprint density at radius 1 is 1.48 bits per heavy atom. The van der Waals surface area contributed by atoms with Crippen molar-refractivity contribution in [2.24, 2.45) is 7.05 Å². The van der Waals surface area contributed by atoms with Gasteiger partial charge in [0, 0.05) is 17.3 Å². The molecule has 0 amide bonds. The summed E-state index contributed by atoms with van der Waals surface area (Å²) in [5.74, 6) is -0.0682. The van der Waals surface area contributed by atoms with Crippen LogP contribution < -0.4 is 11.3 Å². The van der Waals surface area contributed by atoms with E-state index in [1.54, 1.807) is 14.0 Å². The number of hydrogen-bond donors (Lipinski definition) is 2. The molecule has 1 atom stereocenters. The quantitative estimate of drug-likeness (QED) is 0.570. The smallest absolute Gasteiger partial charge is 0.416 e. The molecule has 0 aliphatic rings. The van der Waals surface area contributed by atoms with Gasteiger partial charge in [-0.2, -0.15) is 5.10 Å². The fourth-order valence-electron chi connectivity index (χ4n) is 1.67. The van der Waals surface area contributed by atoms with Crippen molar-refractivity contribution in [3.8, 4) is 0 Å². The van der Waals surface area contributed by atoms with Gasteiger partial charge in [-0.15, -0.1) is 14.7 Å². The molecular weight excluding hydrogens is 305 g/mol. The Morgan fingerprint density at radius 3 is 2.76 bits per heavy atom. The van der Waals surface area contributed by atoms with Crippen LogP contribution in [0.4, 0.5) is 10.6 Å². The molecule has 0 radical (unpaired) electrons. The van der Waals surface area contributed by atoms with Crippen molar-refractivity contribution in [1.82, 2.24) is 19.6 Å². The maximum absolute atomic E-state index is 12.1. The van der Waals surface area contributed by atoms with Crippen LogP contribution in [0.15, 0.2) is 4.79 Å². The molecule has 12 heteroatoms. The maximum atomic E-state index is 12.1. The third kappa shape index (κ3) is 2.75. The number of fused-ring (bicyclic) bond motifs is 1. The Labute approximate surface area is 117 Å². The summed E-state index contributed by atoms with van der Waals surface area (Å²) in [7, 11) is -1.30. The van der Waals surface area contributed by atoms with E-state index in [1.807, 2.05) is 0 Å². The van der Waals surface area contributed by atoms with Gasteiger partial charge in [0.2, 0.25) is 6.79 Å². The lowest BCUT2D eigenvalue weighted by Gasteiger charge is -2.04. The molecule has 2 aromatic rings. The van der Waals surface area contributed by atoms with Gasteiger partial charge in [0.1, 0.15) is 0 Å². The summed E-state index contributed by atoms with van der Waals surface area (Å²) in [6.07, 6.45) is -1.20. The zero-order valence-corrected chi connectivity index (χ0v) is 11.9. The van der Waals surface area contributed by atoms with Crippen LogP contribution in [0.5, 0.6) is 0 Å². The molecular formula is C9H11N5O6P+. The molecule has 0 spiro atoms. The zero-order valence-electron chi connectivity index (χ0n) is 11.0. The van der Waals surface area contributed by atoms with Gasteiger partial charge in [-0.3, -0.25) is 9.48 Å². The molecule has 0 bridgehead atoms. The van der Waals surface area contributed by atoms with E-state index in [0.717, 1.165) is 0 Å². The first-order chi connectivity index (χ1) is 9.82. The topological polar surface area (TPSA) is 152 Å². The molecule has 2 aromatic heterocycles. The minimum atomic E-state index is -2.92. The van der Waals surface area contributed by atoms with Crippen molar-refractivity contribution in [3.63, 3.8) is 0 Å². The van der Waals surface area contributed by atoms with Gasteiger partial charge < -0.3 is 10.5 Å². The zero-order chi connectivity index (χ0) is 15.7. The van der Waals surface area contributed by atoms with E-state index in [2.05, 4.69) is 19.5 Å². The predicted octanol–water partition coefficient (Wildman–Crippen LogP) is -0.371. The monoisotopic (exact) mass is 316 g/mol.